The molecule has 7 nitrogen and oxygen atoms in total. The van der Waals surface area contributed by atoms with Crippen molar-refractivity contribution < 1.29 is 14.3 Å². The number of aryl methyl sites for hydroxylation is 2. The molecule has 124 valence electrons. The molecule has 0 saturated carbocycles. The minimum absolute atomic E-state index is 0.172. The molecule has 0 atom stereocenters. The van der Waals surface area contributed by atoms with Gasteiger partial charge in [0.2, 0.25) is 11.1 Å². The second-order valence-electron chi connectivity index (χ2n) is 4.60. The topological polar surface area (TPSA) is 97.0 Å². The Morgan fingerprint density at radius 1 is 1.43 bits per heavy atom. The summed E-state index contributed by atoms with van der Waals surface area (Å²) in [5.74, 6) is 0.459. The normalized spacial score (nSPS) is 10.6. The lowest BCUT2D eigenvalue weighted by atomic mass is 10.3. The first kappa shape index (κ1) is 17.5. The highest BCUT2D eigenvalue weighted by Crippen LogP contribution is 2.27. The number of thiophene rings is 1. The molecular weight excluding hydrogens is 336 g/mol. The Hall–Kier alpha value is -1.87. The first-order valence-corrected chi connectivity index (χ1v) is 8.95. The highest BCUT2D eigenvalue weighted by atomic mass is 32.2. The maximum atomic E-state index is 12.0. The number of hydrogen-bond donors (Lipinski definition) is 2. The van der Waals surface area contributed by atoms with Crippen LogP contribution in [0.4, 0.5) is 5.00 Å². The maximum absolute atomic E-state index is 12.0. The van der Waals surface area contributed by atoms with Crippen LogP contribution in [0.5, 0.6) is 0 Å². The molecule has 0 aliphatic heterocycles. The number of nitrogens with one attached hydrogen (secondary N) is 2. The number of ether oxygens (including phenoxy) is 1. The molecule has 2 rings (SSSR count). The Morgan fingerprint density at radius 3 is 2.87 bits per heavy atom. The van der Waals surface area contributed by atoms with Gasteiger partial charge in [0.15, 0.2) is 0 Å². The first-order valence-electron chi connectivity index (χ1n) is 7.15. The van der Waals surface area contributed by atoms with Crippen molar-refractivity contribution in [3.05, 3.63) is 22.3 Å². The largest absolute Gasteiger partial charge is 0.462 e. The molecule has 1 amide bonds. The van der Waals surface area contributed by atoms with E-state index in [0.29, 0.717) is 21.6 Å². The number of aromatic nitrogens is 3. The minimum Gasteiger partial charge on any atom is -0.462 e. The van der Waals surface area contributed by atoms with E-state index in [2.05, 4.69) is 20.5 Å². The predicted octanol–water partition coefficient (Wildman–Crippen LogP) is 2.64. The van der Waals surface area contributed by atoms with Gasteiger partial charge in [0.25, 0.3) is 0 Å². The average Bonchev–Trinajstić information content (AvgIpc) is 3.12. The summed E-state index contributed by atoms with van der Waals surface area (Å²) < 4.78 is 4.98. The van der Waals surface area contributed by atoms with Gasteiger partial charge in [-0.15, -0.1) is 16.4 Å². The standard InChI is InChI=1S/C14H18N4O3S2/c1-4-9-15-14(18-17-9)22-7-10(19)16-11-6-8(3)12(23-11)13(20)21-5-2/h6H,4-5,7H2,1-3H3,(H,16,19)(H,15,17,18). The van der Waals surface area contributed by atoms with Gasteiger partial charge < -0.3 is 10.1 Å². The number of carbonyl (C=O) groups excluding carboxylic acids is 2. The number of H-pyrrole nitrogens is 1. The number of carbonyl (C=O) groups is 2. The van der Waals surface area contributed by atoms with Crippen molar-refractivity contribution in [2.75, 3.05) is 17.7 Å². The third-order valence-electron chi connectivity index (χ3n) is 2.82. The molecule has 0 aliphatic rings. The summed E-state index contributed by atoms with van der Waals surface area (Å²) in [6.07, 6.45) is 0.769. The quantitative estimate of drug-likeness (QED) is 0.586. The van der Waals surface area contributed by atoms with Gasteiger partial charge in [-0.1, -0.05) is 18.7 Å². The van der Waals surface area contributed by atoms with Crippen LogP contribution in [0.25, 0.3) is 0 Å². The molecule has 23 heavy (non-hydrogen) atoms. The van der Waals surface area contributed by atoms with Crippen LogP contribution in [0, 0.1) is 6.92 Å². The van der Waals surface area contributed by atoms with Crippen LogP contribution in [-0.4, -0.2) is 39.4 Å². The maximum Gasteiger partial charge on any atom is 0.348 e. The summed E-state index contributed by atoms with van der Waals surface area (Å²) >= 11 is 2.47. The second kappa shape index (κ2) is 8.11. The molecule has 9 heteroatoms. The van der Waals surface area contributed by atoms with E-state index in [1.165, 1.54) is 23.1 Å². The summed E-state index contributed by atoms with van der Waals surface area (Å²) in [7, 11) is 0. The molecule has 0 radical (unpaired) electrons. The Balaban J connectivity index is 1.90. The Kier molecular flexibility index (Phi) is 6.17. The molecule has 0 unspecified atom stereocenters. The zero-order valence-corrected chi connectivity index (χ0v) is 14.8. The van der Waals surface area contributed by atoms with Gasteiger partial charge in [0.1, 0.15) is 10.7 Å². The number of esters is 1. The van der Waals surface area contributed by atoms with Crippen molar-refractivity contribution in [2.45, 2.75) is 32.3 Å². The number of thioether (sulfide) groups is 1. The lowest BCUT2D eigenvalue weighted by molar-refractivity contribution is -0.113. The molecule has 0 aromatic carbocycles. The predicted molar refractivity (Wildman–Crippen MR) is 90.1 cm³/mol. The monoisotopic (exact) mass is 354 g/mol. The number of hydrogen-bond acceptors (Lipinski definition) is 7. The highest BCUT2D eigenvalue weighted by Gasteiger charge is 2.16. The lowest BCUT2D eigenvalue weighted by Gasteiger charge is -2.00. The van der Waals surface area contributed by atoms with Crippen molar-refractivity contribution >= 4 is 40.0 Å². The molecule has 0 spiro atoms. The third kappa shape index (κ3) is 4.80. The fourth-order valence-electron chi connectivity index (χ4n) is 1.75. The third-order valence-corrected chi connectivity index (χ3v) is 4.80. The molecule has 0 saturated heterocycles. The number of nitrogens with zero attached hydrogens (tertiary/aromatic N) is 2. The van der Waals surface area contributed by atoms with Crippen molar-refractivity contribution in [1.82, 2.24) is 15.2 Å². The van der Waals surface area contributed by atoms with Crippen LogP contribution in [0.3, 0.4) is 0 Å². The van der Waals surface area contributed by atoms with Crippen LogP contribution in [0.1, 0.15) is 34.9 Å². The summed E-state index contributed by atoms with van der Waals surface area (Å²) in [4.78, 5) is 28.5. The zero-order valence-electron chi connectivity index (χ0n) is 13.1. The van der Waals surface area contributed by atoms with Gasteiger partial charge in [0, 0.05) is 6.42 Å². The van der Waals surface area contributed by atoms with Crippen LogP contribution in [0.2, 0.25) is 0 Å². The number of rotatable bonds is 7. The van der Waals surface area contributed by atoms with Crippen LogP contribution in [-0.2, 0) is 16.0 Å². The Morgan fingerprint density at radius 2 is 2.22 bits per heavy atom. The highest BCUT2D eigenvalue weighted by molar-refractivity contribution is 7.99. The van der Waals surface area contributed by atoms with E-state index in [1.807, 2.05) is 13.8 Å². The lowest BCUT2D eigenvalue weighted by Crippen LogP contribution is -2.13. The molecule has 0 bridgehead atoms. The van der Waals surface area contributed by atoms with E-state index < -0.39 is 0 Å². The smallest absolute Gasteiger partial charge is 0.348 e. The van der Waals surface area contributed by atoms with Crippen molar-refractivity contribution in [3.8, 4) is 0 Å². The molecule has 2 aromatic rings. The van der Waals surface area contributed by atoms with E-state index in [1.54, 1.807) is 13.0 Å². The van der Waals surface area contributed by atoms with Crippen molar-refractivity contribution in [1.29, 1.82) is 0 Å². The van der Waals surface area contributed by atoms with E-state index in [4.69, 9.17) is 4.74 Å². The Bertz CT molecular complexity index is 696. The average molecular weight is 354 g/mol. The van der Waals surface area contributed by atoms with E-state index in [0.717, 1.165) is 17.8 Å². The van der Waals surface area contributed by atoms with E-state index in [9.17, 15) is 9.59 Å². The fraction of sp³-hybridized carbons (Fsp3) is 0.429. The Labute approximate surface area is 142 Å². The fourth-order valence-corrected chi connectivity index (χ4v) is 3.35. The van der Waals surface area contributed by atoms with Gasteiger partial charge in [0.05, 0.1) is 17.4 Å². The van der Waals surface area contributed by atoms with Crippen LogP contribution in [0.15, 0.2) is 11.2 Å². The van der Waals surface area contributed by atoms with Crippen LogP contribution < -0.4 is 5.32 Å². The molecule has 2 aromatic heterocycles. The second-order valence-corrected chi connectivity index (χ2v) is 6.59. The molecule has 2 heterocycles. The SMILES string of the molecule is CCOC(=O)c1sc(NC(=O)CSc2n[nH]c(CC)n2)cc1C. The summed E-state index contributed by atoms with van der Waals surface area (Å²) in [6.45, 7) is 5.87. The minimum atomic E-state index is -0.363. The molecule has 2 N–H and O–H groups in total. The van der Waals surface area contributed by atoms with Crippen LogP contribution >= 0.6 is 23.1 Å². The van der Waals surface area contributed by atoms with Gasteiger partial charge in [-0.25, -0.2) is 9.78 Å². The van der Waals surface area contributed by atoms with E-state index in [-0.39, 0.29) is 17.6 Å². The zero-order chi connectivity index (χ0) is 16.8. The van der Waals surface area contributed by atoms with Crippen molar-refractivity contribution in [2.24, 2.45) is 0 Å². The summed E-state index contributed by atoms with van der Waals surface area (Å²) in [5.41, 5.74) is 0.790. The molecule has 0 aliphatic carbocycles. The van der Waals surface area contributed by atoms with E-state index >= 15 is 0 Å². The van der Waals surface area contributed by atoms with Gasteiger partial charge >= 0.3 is 5.97 Å². The summed E-state index contributed by atoms with van der Waals surface area (Å²) in [6, 6.07) is 1.77. The van der Waals surface area contributed by atoms with Gasteiger partial charge in [-0.3, -0.25) is 9.89 Å². The number of amides is 1. The number of anilines is 1. The first-order chi connectivity index (χ1) is 11.0. The summed E-state index contributed by atoms with van der Waals surface area (Å²) in [5, 5.41) is 10.8. The van der Waals surface area contributed by atoms with Crippen molar-refractivity contribution in [3.63, 3.8) is 0 Å². The van der Waals surface area contributed by atoms with Gasteiger partial charge in [-0.2, -0.15) is 0 Å². The molecule has 0 fully saturated rings. The number of aromatic amines is 1. The van der Waals surface area contributed by atoms with Gasteiger partial charge in [-0.05, 0) is 25.5 Å². The molecular formula is C14H18N4O3S2.